The SMILES string of the molecule is CC(C)(C)OC(=O)N1CCCN(C(=S)Nc2ccc(Cl)cc2Cl)CC1. The molecule has 1 amide bonds. The van der Waals surface area contributed by atoms with E-state index in [1.54, 1.807) is 23.1 Å². The maximum atomic E-state index is 12.2. The van der Waals surface area contributed by atoms with Gasteiger partial charge in [0.05, 0.1) is 10.7 Å². The van der Waals surface area contributed by atoms with E-state index in [1.165, 1.54) is 0 Å². The standard InChI is InChI=1S/C17H23Cl2N3O2S/c1-17(2,3)24-16(23)22-8-4-7-21(9-10-22)15(25)20-14-6-5-12(18)11-13(14)19/h5-6,11H,4,7-10H2,1-3H3,(H,20,25). The van der Waals surface area contributed by atoms with E-state index in [4.69, 9.17) is 40.2 Å². The quantitative estimate of drug-likeness (QED) is 0.692. The second-order valence-electron chi connectivity index (χ2n) is 6.86. The van der Waals surface area contributed by atoms with Crippen LogP contribution in [-0.4, -0.2) is 52.8 Å². The first-order valence-electron chi connectivity index (χ1n) is 8.14. The number of carbonyl (C=O) groups excluding carboxylic acids is 1. The number of amides is 1. The Morgan fingerprint density at radius 1 is 1.16 bits per heavy atom. The summed E-state index contributed by atoms with van der Waals surface area (Å²) < 4.78 is 5.44. The molecule has 1 fully saturated rings. The molecule has 1 aliphatic heterocycles. The third kappa shape index (κ3) is 6.20. The zero-order valence-corrected chi connectivity index (χ0v) is 17.0. The van der Waals surface area contributed by atoms with Crippen LogP contribution in [0.15, 0.2) is 18.2 Å². The molecule has 0 saturated carbocycles. The summed E-state index contributed by atoms with van der Waals surface area (Å²) in [7, 11) is 0. The molecule has 1 saturated heterocycles. The maximum absolute atomic E-state index is 12.2. The van der Waals surface area contributed by atoms with Gasteiger partial charge in [-0.1, -0.05) is 23.2 Å². The number of thiocarbonyl (C=S) groups is 1. The van der Waals surface area contributed by atoms with Crippen molar-refractivity contribution in [3.05, 3.63) is 28.2 Å². The average molecular weight is 404 g/mol. The first-order chi connectivity index (χ1) is 11.7. The summed E-state index contributed by atoms with van der Waals surface area (Å²) in [4.78, 5) is 16.0. The van der Waals surface area contributed by atoms with Crippen LogP contribution in [0.5, 0.6) is 0 Å². The second kappa shape index (κ2) is 8.43. The molecule has 0 atom stereocenters. The highest BCUT2D eigenvalue weighted by atomic mass is 35.5. The van der Waals surface area contributed by atoms with Crippen LogP contribution in [0.3, 0.4) is 0 Å². The van der Waals surface area contributed by atoms with Crippen LogP contribution in [0.1, 0.15) is 27.2 Å². The lowest BCUT2D eigenvalue weighted by Gasteiger charge is -2.27. The smallest absolute Gasteiger partial charge is 0.410 e. The van der Waals surface area contributed by atoms with Crippen LogP contribution in [0, 0.1) is 0 Å². The molecule has 1 aromatic carbocycles. The fourth-order valence-electron chi connectivity index (χ4n) is 2.41. The van der Waals surface area contributed by atoms with Crippen molar-refractivity contribution in [1.82, 2.24) is 9.80 Å². The van der Waals surface area contributed by atoms with Gasteiger partial charge >= 0.3 is 6.09 Å². The highest BCUT2D eigenvalue weighted by Gasteiger charge is 2.25. The highest BCUT2D eigenvalue weighted by molar-refractivity contribution is 7.80. The number of hydrogen-bond donors (Lipinski definition) is 1. The lowest BCUT2D eigenvalue weighted by Crippen LogP contribution is -2.41. The molecule has 2 rings (SSSR count). The summed E-state index contributed by atoms with van der Waals surface area (Å²) in [5.74, 6) is 0. The molecular formula is C17H23Cl2N3O2S. The van der Waals surface area contributed by atoms with Gasteiger partial charge in [-0.25, -0.2) is 4.79 Å². The van der Waals surface area contributed by atoms with Crippen LogP contribution in [0.2, 0.25) is 10.0 Å². The number of nitrogens with zero attached hydrogens (tertiary/aromatic N) is 2. The largest absolute Gasteiger partial charge is 0.444 e. The third-order valence-corrected chi connectivity index (χ3v) is 4.52. The molecule has 1 heterocycles. The zero-order valence-electron chi connectivity index (χ0n) is 14.6. The van der Waals surface area contributed by atoms with E-state index in [0.717, 1.165) is 13.0 Å². The molecule has 1 aromatic rings. The zero-order chi connectivity index (χ0) is 18.6. The van der Waals surface area contributed by atoms with Gasteiger partial charge in [-0.2, -0.15) is 0 Å². The topological polar surface area (TPSA) is 44.8 Å². The molecule has 138 valence electrons. The number of carbonyl (C=O) groups is 1. The molecule has 1 N–H and O–H groups in total. The van der Waals surface area contributed by atoms with Crippen molar-refractivity contribution in [2.75, 3.05) is 31.5 Å². The van der Waals surface area contributed by atoms with Crippen molar-refractivity contribution in [2.24, 2.45) is 0 Å². The van der Waals surface area contributed by atoms with E-state index < -0.39 is 5.60 Å². The lowest BCUT2D eigenvalue weighted by atomic mass is 10.2. The average Bonchev–Trinajstić information content (AvgIpc) is 2.74. The highest BCUT2D eigenvalue weighted by Crippen LogP contribution is 2.25. The van der Waals surface area contributed by atoms with Gasteiger partial charge in [-0.05, 0) is 57.6 Å². The number of nitrogens with one attached hydrogen (secondary N) is 1. The molecule has 0 bridgehead atoms. The molecule has 0 aliphatic carbocycles. The van der Waals surface area contributed by atoms with Gasteiger partial charge in [-0.15, -0.1) is 0 Å². The summed E-state index contributed by atoms with van der Waals surface area (Å²) in [6.45, 7) is 8.20. The Kier molecular flexibility index (Phi) is 6.77. The van der Waals surface area contributed by atoms with Crippen LogP contribution >= 0.6 is 35.4 Å². The van der Waals surface area contributed by atoms with Crippen molar-refractivity contribution < 1.29 is 9.53 Å². The molecule has 5 nitrogen and oxygen atoms in total. The molecule has 0 spiro atoms. The van der Waals surface area contributed by atoms with E-state index in [0.29, 0.717) is 40.5 Å². The third-order valence-electron chi connectivity index (χ3n) is 3.61. The minimum absolute atomic E-state index is 0.283. The summed E-state index contributed by atoms with van der Waals surface area (Å²) >= 11 is 17.6. The summed E-state index contributed by atoms with van der Waals surface area (Å²) in [6, 6.07) is 5.22. The van der Waals surface area contributed by atoms with E-state index in [9.17, 15) is 4.79 Å². The van der Waals surface area contributed by atoms with E-state index in [-0.39, 0.29) is 6.09 Å². The van der Waals surface area contributed by atoms with E-state index >= 15 is 0 Å². The van der Waals surface area contributed by atoms with Gasteiger partial charge in [0.1, 0.15) is 5.60 Å². The van der Waals surface area contributed by atoms with Crippen LogP contribution in [0.4, 0.5) is 10.5 Å². The van der Waals surface area contributed by atoms with Gasteiger partial charge in [0.25, 0.3) is 0 Å². The molecular weight excluding hydrogens is 381 g/mol. The minimum atomic E-state index is -0.495. The van der Waals surface area contributed by atoms with Gasteiger partial charge in [0, 0.05) is 31.2 Å². The fourth-order valence-corrected chi connectivity index (χ4v) is 3.16. The Balaban J connectivity index is 1.93. The molecule has 0 aromatic heterocycles. The molecule has 1 aliphatic rings. The Labute approximate surface area is 164 Å². The Morgan fingerprint density at radius 2 is 1.80 bits per heavy atom. The van der Waals surface area contributed by atoms with E-state index in [2.05, 4.69) is 5.32 Å². The second-order valence-corrected chi connectivity index (χ2v) is 8.09. The Bertz CT molecular complexity index is 649. The number of anilines is 1. The number of hydrogen-bond acceptors (Lipinski definition) is 3. The van der Waals surface area contributed by atoms with Crippen LogP contribution in [-0.2, 0) is 4.74 Å². The van der Waals surface area contributed by atoms with Crippen LogP contribution < -0.4 is 5.32 Å². The predicted molar refractivity (Wildman–Crippen MR) is 107 cm³/mol. The van der Waals surface area contributed by atoms with Crippen molar-refractivity contribution in [3.63, 3.8) is 0 Å². The Morgan fingerprint density at radius 3 is 2.44 bits per heavy atom. The van der Waals surface area contributed by atoms with Gasteiger partial charge in [0.2, 0.25) is 0 Å². The van der Waals surface area contributed by atoms with Gasteiger partial charge in [-0.3, -0.25) is 0 Å². The van der Waals surface area contributed by atoms with Crippen LogP contribution in [0.25, 0.3) is 0 Å². The summed E-state index contributed by atoms with van der Waals surface area (Å²) in [5, 5.41) is 4.82. The van der Waals surface area contributed by atoms with E-state index in [1.807, 2.05) is 25.7 Å². The fraction of sp³-hybridized carbons (Fsp3) is 0.529. The normalized spacial score (nSPS) is 15.6. The van der Waals surface area contributed by atoms with Gasteiger partial charge in [0.15, 0.2) is 5.11 Å². The predicted octanol–water partition coefficient (Wildman–Crippen LogP) is 4.63. The van der Waals surface area contributed by atoms with Crippen molar-refractivity contribution in [2.45, 2.75) is 32.8 Å². The molecule has 25 heavy (non-hydrogen) atoms. The molecule has 8 heteroatoms. The summed E-state index contributed by atoms with van der Waals surface area (Å²) in [6.07, 6.45) is 0.532. The maximum Gasteiger partial charge on any atom is 0.410 e. The first-order valence-corrected chi connectivity index (χ1v) is 9.31. The number of ether oxygens (including phenoxy) is 1. The van der Waals surface area contributed by atoms with Crippen molar-refractivity contribution in [1.29, 1.82) is 0 Å². The van der Waals surface area contributed by atoms with Crippen molar-refractivity contribution in [3.8, 4) is 0 Å². The lowest BCUT2D eigenvalue weighted by molar-refractivity contribution is 0.0260. The number of halogens is 2. The Hall–Kier alpha value is -1.24. The number of benzene rings is 1. The monoisotopic (exact) mass is 403 g/mol. The first kappa shape index (κ1) is 20.1. The van der Waals surface area contributed by atoms with Crippen molar-refractivity contribution >= 4 is 52.3 Å². The molecule has 0 radical (unpaired) electrons. The minimum Gasteiger partial charge on any atom is -0.444 e. The number of rotatable bonds is 1. The summed E-state index contributed by atoms with van der Waals surface area (Å²) in [5.41, 5.74) is 0.218. The molecule has 0 unspecified atom stereocenters. The van der Waals surface area contributed by atoms with Gasteiger partial charge < -0.3 is 19.9 Å².